The number of fused-ring (bicyclic) bond motifs is 1. The second kappa shape index (κ2) is 6.57. The van der Waals surface area contributed by atoms with Crippen molar-refractivity contribution in [2.75, 3.05) is 5.32 Å². The lowest BCUT2D eigenvalue weighted by Gasteiger charge is -2.10. The van der Waals surface area contributed by atoms with Crippen molar-refractivity contribution in [3.05, 3.63) is 71.8 Å². The summed E-state index contributed by atoms with van der Waals surface area (Å²) in [7, 11) is 0. The number of nitrogens with zero attached hydrogens (tertiary/aromatic N) is 3. The van der Waals surface area contributed by atoms with Gasteiger partial charge in [0.15, 0.2) is 0 Å². The lowest BCUT2D eigenvalue weighted by atomic mass is 10.2. The van der Waals surface area contributed by atoms with Crippen LogP contribution in [0.5, 0.6) is 0 Å². The molecule has 0 fully saturated rings. The SMILES string of the molecule is CCn1c(C(=O)Nc2cccc(Cn3ccnc3)c2)cc2sccc21. The lowest BCUT2D eigenvalue weighted by molar-refractivity contribution is 0.101. The molecule has 0 aliphatic rings. The molecular formula is C19H18N4OS. The smallest absolute Gasteiger partial charge is 0.272 e. The molecule has 1 N–H and O–H groups in total. The van der Waals surface area contributed by atoms with Gasteiger partial charge in [-0.3, -0.25) is 4.79 Å². The Morgan fingerprint density at radius 1 is 1.28 bits per heavy atom. The zero-order chi connectivity index (χ0) is 17.2. The van der Waals surface area contributed by atoms with E-state index in [0.29, 0.717) is 5.69 Å². The molecule has 4 rings (SSSR count). The van der Waals surface area contributed by atoms with Crippen LogP contribution in [0.1, 0.15) is 23.0 Å². The largest absolute Gasteiger partial charge is 0.336 e. The molecule has 0 unspecified atom stereocenters. The van der Waals surface area contributed by atoms with E-state index in [9.17, 15) is 4.79 Å². The van der Waals surface area contributed by atoms with Crippen molar-refractivity contribution in [2.45, 2.75) is 20.0 Å². The maximum atomic E-state index is 12.7. The Labute approximate surface area is 149 Å². The number of imidazole rings is 1. The highest BCUT2D eigenvalue weighted by atomic mass is 32.1. The third kappa shape index (κ3) is 3.08. The zero-order valence-electron chi connectivity index (χ0n) is 13.8. The van der Waals surface area contributed by atoms with Crippen LogP contribution in [0.4, 0.5) is 5.69 Å². The molecule has 25 heavy (non-hydrogen) atoms. The summed E-state index contributed by atoms with van der Waals surface area (Å²) < 4.78 is 5.19. The molecular weight excluding hydrogens is 332 g/mol. The minimum absolute atomic E-state index is 0.0787. The second-order valence-electron chi connectivity index (χ2n) is 5.83. The number of amides is 1. The Kier molecular flexibility index (Phi) is 4.11. The van der Waals surface area contributed by atoms with Crippen molar-refractivity contribution in [1.82, 2.24) is 14.1 Å². The summed E-state index contributed by atoms with van der Waals surface area (Å²) in [5, 5.41) is 5.08. The van der Waals surface area contributed by atoms with Gasteiger partial charge in [0.1, 0.15) is 5.69 Å². The van der Waals surface area contributed by atoms with Gasteiger partial charge in [-0.15, -0.1) is 11.3 Å². The number of rotatable bonds is 5. The number of benzene rings is 1. The van der Waals surface area contributed by atoms with Crippen LogP contribution < -0.4 is 5.32 Å². The van der Waals surface area contributed by atoms with Gasteiger partial charge < -0.3 is 14.5 Å². The van der Waals surface area contributed by atoms with Gasteiger partial charge in [-0.25, -0.2) is 4.98 Å². The van der Waals surface area contributed by atoms with Gasteiger partial charge in [-0.1, -0.05) is 12.1 Å². The summed E-state index contributed by atoms with van der Waals surface area (Å²) in [6, 6.07) is 11.9. The van der Waals surface area contributed by atoms with E-state index >= 15 is 0 Å². The first-order valence-corrected chi connectivity index (χ1v) is 9.05. The number of aromatic nitrogens is 3. The number of anilines is 1. The molecule has 0 atom stereocenters. The highest BCUT2D eigenvalue weighted by Gasteiger charge is 2.15. The lowest BCUT2D eigenvalue weighted by Crippen LogP contribution is -2.16. The molecule has 3 aromatic heterocycles. The van der Waals surface area contributed by atoms with Crippen molar-refractivity contribution >= 4 is 33.1 Å². The van der Waals surface area contributed by atoms with E-state index in [0.717, 1.165) is 34.6 Å². The van der Waals surface area contributed by atoms with E-state index < -0.39 is 0 Å². The first kappa shape index (κ1) is 15.7. The third-order valence-corrected chi connectivity index (χ3v) is 5.03. The normalized spacial score (nSPS) is 11.1. The Hall–Kier alpha value is -2.86. The van der Waals surface area contributed by atoms with Crippen LogP contribution in [0.25, 0.3) is 10.2 Å². The van der Waals surface area contributed by atoms with Gasteiger partial charge in [0, 0.05) is 31.2 Å². The predicted molar refractivity (Wildman–Crippen MR) is 101 cm³/mol. The topological polar surface area (TPSA) is 51.9 Å². The number of thiophene rings is 1. The second-order valence-corrected chi connectivity index (χ2v) is 6.78. The van der Waals surface area contributed by atoms with Crippen LogP contribution in [0.15, 0.2) is 60.5 Å². The van der Waals surface area contributed by atoms with Crippen molar-refractivity contribution in [3.8, 4) is 0 Å². The van der Waals surface area contributed by atoms with Crippen LogP contribution in [0, 0.1) is 0 Å². The molecule has 5 nitrogen and oxygen atoms in total. The highest BCUT2D eigenvalue weighted by Crippen LogP contribution is 2.26. The number of carbonyl (C=O) groups is 1. The number of hydrogen-bond acceptors (Lipinski definition) is 3. The van der Waals surface area contributed by atoms with E-state index in [2.05, 4.69) is 33.2 Å². The summed E-state index contributed by atoms with van der Waals surface area (Å²) in [5.41, 5.74) is 3.73. The van der Waals surface area contributed by atoms with Crippen LogP contribution in [-0.4, -0.2) is 20.0 Å². The van der Waals surface area contributed by atoms with E-state index in [1.807, 2.05) is 41.1 Å². The van der Waals surface area contributed by atoms with E-state index in [-0.39, 0.29) is 5.91 Å². The number of nitrogens with one attached hydrogen (secondary N) is 1. The van der Waals surface area contributed by atoms with Crippen molar-refractivity contribution in [3.63, 3.8) is 0 Å². The monoisotopic (exact) mass is 350 g/mol. The number of hydrogen-bond donors (Lipinski definition) is 1. The fourth-order valence-corrected chi connectivity index (χ4v) is 3.86. The molecule has 0 bridgehead atoms. The van der Waals surface area contributed by atoms with Crippen molar-refractivity contribution in [2.24, 2.45) is 0 Å². The minimum Gasteiger partial charge on any atom is -0.336 e. The summed E-state index contributed by atoms with van der Waals surface area (Å²) in [6.45, 7) is 3.55. The highest BCUT2D eigenvalue weighted by molar-refractivity contribution is 7.17. The van der Waals surface area contributed by atoms with E-state index in [1.54, 1.807) is 23.9 Å². The molecule has 3 heterocycles. The van der Waals surface area contributed by atoms with Gasteiger partial charge in [-0.05, 0) is 42.1 Å². The van der Waals surface area contributed by atoms with Gasteiger partial charge in [0.25, 0.3) is 5.91 Å². The Balaban J connectivity index is 1.56. The maximum absolute atomic E-state index is 12.7. The summed E-state index contributed by atoms with van der Waals surface area (Å²) in [4.78, 5) is 16.8. The molecule has 0 aliphatic heterocycles. The molecule has 0 aliphatic carbocycles. The van der Waals surface area contributed by atoms with Crippen molar-refractivity contribution < 1.29 is 4.79 Å². The molecule has 1 aromatic carbocycles. The Bertz CT molecular complexity index is 1010. The zero-order valence-corrected chi connectivity index (χ0v) is 14.7. The van der Waals surface area contributed by atoms with Gasteiger partial charge in [0.05, 0.1) is 16.5 Å². The standard InChI is InChI=1S/C19H18N4OS/c1-2-23-16-6-9-25-18(16)11-17(23)19(24)21-15-5-3-4-14(10-15)12-22-8-7-20-13-22/h3-11,13H,2,12H2,1H3,(H,21,24). The van der Waals surface area contributed by atoms with E-state index in [4.69, 9.17) is 0 Å². The maximum Gasteiger partial charge on any atom is 0.272 e. The van der Waals surface area contributed by atoms with E-state index in [1.165, 1.54) is 0 Å². The predicted octanol–water partition coefficient (Wildman–Crippen LogP) is 4.22. The van der Waals surface area contributed by atoms with Gasteiger partial charge >= 0.3 is 0 Å². The average molecular weight is 350 g/mol. The van der Waals surface area contributed by atoms with Crippen LogP contribution in [0.2, 0.25) is 0 Å². The molecule has 4 aromatic rings. The molecule has 0 saturated carbocycles. The molecule has 1 amide bonds. The average Bonchev–Trinajstić information content (AvgIpc) is 3.31. The van der Waals surface area contributed by atoms with Crippen molar-refractivity contribution in [1.29, 1.82) is 0 Å². The summed E-state index contributed by atoms with van der Waals surface area (Å²) in [5.74, 6) is -0.0787. The molecule has 0 radical (unpaired) electrons. The third-order valence-electron chi connectivity index (χ3n) is 4.18. The molecule has 6 heteroatoms. The minimum atomic E-state index is -0.0787. The number of carbonyl (C=O) groups excluding carboxylic acids is 1. The van der Waals surface area contributed by atoms with Crippen LogP contribution >= 0.6 is 11.3 Å². The molecule has 126 valence electrons. The fourth-order valence-electron chi connectivity index (χ4n) is 3.04. The number of aryl methyl sites for hydroxylation is 1. The molecule has 0 saturated heterocycles. The van der Waals surface area contributed by atoms with Gasteiger partial charge in [0.2, 0.25) is 0 Å². The van der Waals surface area contributed by atoms with Gasteiger partial charge in [-0.2, -0.15) is 0 Å². The summed E-state index contributed by atoms with van der Waals surface area (Å²) in [6.07, 6.45) is 5.47. The first-order chi connectivity index (χ1) is 12.2. The fraction of sp³-hybridized carbons (Fsp3) is 0.158. The Morgan fingerprint density at radius 3 is 3.00 bits per heavy atom. The van der Waals surface area contributed by atoms with Crippen LogP contribution in [-0.2, 0) is 13.1 Å². The first-order valence-electron chi connectivity index (χ1n) is 8.17. The van der Waals surface area contributed by atoms with Crippen LogP contribution in [0.3, 0.4) is 0 Å². The Morgan fingerprint density at radius 2 is 2.20 bits per heavy atom. The summed E-state index contributed by atoms with van der Waals surface area (Å²) >= 11 is 1.66. The quantitative estimate of drug-likeness (QED) is 0.586. The molecule has 0 spiro atoms.